The fourth-order valence-corrected chi connectivity index (χ4v) is 3.63. The minimum Gasteiger partial charge on any atom is -0.351 e. The van der Waals surface area contributed by atoms with Crippen LogP contribution in [0.15, 0.2) is 18.5 Å². The summed E-state index contributed by atoms with van der Waals surface area (Å²) in [6, 6.07) is 1.84. The summed E-state index contributed by atoms with van der Waals surface area (Å²) in [5.74, 6) is 0.725. The zero-order chi connectivity index (χ0) is 18.5. The van der Waals surface area contributed by atoms with Crippen molar-refractivity contribution in [2.45, 2.75) is 19.4 Å². The molecule has 0 aromatic carbocycles. The highest BCUT2D eigenvalue weighted by Gasteiger charge is 2.21. The lowest BCUT2D eigenvalue weighted by Crippen LogP contribution is -2.47. The average molecular weight is 407 g/mol. The van der Waals surface area contributed by atoms with Crippen molar-refractivity contribution >= 4 is 24.3 Å². The Morgan fingerprint density at radius 3 is 2.75 bits per heavy atom. The molecule has 0 spiro atoms. The summed E-state index contributed by atoms with van der Waals surface area (Å²) >= 11 is 0. The molecule has 10 heteroatoms. The van der Waals surface area contributed by atoms with Gasteiger partial charge in [0.2, 0.25) is 5.95 Å². The van der Waals surface area contributed by atoms with E-state index in [2.05, 4.69) is 40.6 Å². The summed E-state index contributed by atoms with van der Waals surface area (Å²) in [6.07, 6.45) is 5.39. The fourth-order valence-electron chi connectivity index (χ4n) is 3.63. The van der Waals surface area contributed by atoms with Crippen LogP contribution >= 0.6 is 12.4 Å². The van der Waals surface area contributed by atoms with Gasteiger partial charge in [-0.15, -0.1) is 12.4 Å². The monoisotopic (exact) mass is 406 g/mol. The summed E-state index contributed by atoms with van der Waals surface area (Å²) in [4.78, 5) is 25.6. The van der Waals surface area contributed by atoms with Crippen molar-refractivity contribution in [2.24, 2.45) is 0 Å². The molecule has 1 fully saturated rings. The van der Waals surface area contributed by atoms with Crippen LogP contribution in [0.4, 0.5) is 5.95 Å². The number of anilines is 1. The van der Waals surface area contributed by atoms with E-state index >= 15 is 0 Å². The molecular weight excluding hydrogens is 380 g/mol. The van der Waals surface area contributed by atoms with Crippen molar-refractivity contribution in [1.29, 1.82) is 0 Å². The van der Waals surface area contributed by atoms with Crippen molar-refractivity contribution in [3.8, 4) is 0 Å². The van der Waals surface area contributed by atoms with Crippen LogP contribution in [0.5, 0.6) is 0 Å². The highest BCUT2D eigenvalue weighted by Crippen LogP contribution is 2.15. The van der Waals surface area contributed by atoms with E-state index in [4.69, 9.17) is 0 Å². The first-order chi connectivity index (χ1) is 13.3. The largest absolute Gasteiger partial charge is 0.351 e. The molecule has 0 bridgehead atoms. The predicted octanol–water partition coefficient (Wildman–Crippen LogP) is 0.209. The first kappa shape index (κ1) is 20.5. The third kappa shape index (κ3) is 4.78. The summed E-state index contributed by atoms with van der Waals surface area (Å²) < 4.78 is 0. The van der Waals surface area contributed by atoms with E-state index in [0.717, 1.165) is 69.3 Å². The van der Waals surface area contributed by atoms with Gasteiger partial charge >= 0.3 is 0 Å². The molecule has 4 rings (SSSR count). The number of nitrogens with zero attached hydrogens (tertiary/aromatic N) is 5. The minimum atomic E-state index is -0.0813. The van der Waals surface area contributed by atoms with Crippen molar-refractivity contribution in [3.05, 3.63) is 35.4 Å². The average Bonchev–Trinajstić information content (AvgIpc) is 3.16. The Morgan fingerprint density at radius 1 is 1.18 bits per heavy atom. The number of amides is 1. The number of rotatable bonds is 6. The van der Waals surface area contributed by atoms with Crippen LogP contribution in [0.3, 0.4) is 0 Å². The van der Waals surface area contributed by atoms with Gasteiger partial charge in [0, 0.05) is 75.9 Å². The standard InChI is InChI=1S/C18H26N8O.ClH/c27-17(16-14-13-19-7-3-15(14)23-24-16)20-6-2-8-25-9-11-26(12-10-25)18-21-4-1-5-22-18;/h1,4-5,19H,2-3,6-13H2,(H,20,27)(H,23,24);1H. The van der Waals surface area contributed by atoms with Crippen LogP contribution in [0.1, 0.15) is 28.2 Å². The van der Waals surface area contributed by atoms with Crippen LogP contribution < -0.4 is 15.5 Å². The van der Waals surface area contributed by atoms with Crippen LogP contribution in [-0.2, 0) is 13.0 Å². The number of hydrogen-bond acceptors (Lipinski definition) is 7. The first-order valence-corrected chi connectivity index (χ1v) is 9.60. The van der Waals surface area contributed by atoms with Crippen molar-refractivity contribution in [3.63, 3.8) is 0 Å². The molecule has 1 saturated heterocycles. The number of halogens is 1. The van der Waals surface area contributed by atoms with Crippen LogP contribution in [0.25, 0.3) is 0 Å². The van der Waals surface area contributed by atoms with E-state index < -0.39 is 0 Å². The number of carbonyl (C=O) groups is 1. The molecule has 0 radical (unpaired) electrons. The van der Waals surface area contributed by atoms with Crippen molar-refractivity contribution in [1.82, 2.24) is 35.7 Å². The molecule has 0 saturated carbocycles. The Hall–Kier alpha value is -2.23. The van der Waals surface area contributed by atoms with Gasteiger partial charge in [0.25, 0.3) is 5.91 Å². The number of H-pyrrole nitrogens is 1. The lowest BCUT2D eigenvalue weighted by Gasteiger charge is -2.34. The second-order valence-electron chi connectivity index (χ2n) is 6.94. The van der Waals surface area contributed by atoms with E-state index in [1.54, 1.807) is 12.4 Å². The third-order valence-corrected chi connectivity index (χ3v) is 5.17. The molecule has 1 amide bonds. The first-order valence-electron chi connectivity index (χ1n) is 9.60. The van der Waals surface area contributed by atoms with Gasteiger partial charge in [0.05, 0.1) is 0 Å². The van der Waals surface area contributed by atoms with Gasteiger partial charge in [-0.05, 0) is 19.0 Å². The van der Waals surface area contributed by atoms with E-state index in [-0.39, 0.29) is 18.3 Å². The van der Waals surface area contributed by atoms with Crippen LogP contribution in [0, 0.1) is 0 Å². The Morgan fingerprint density at radius 2 is 1.96 bits per heavy atom. The molecule has 0 aliphatic carbocycles. The molecule has 9 nitrogen and oxygen atoms in total. The van der Waals surface area contributed by atoms with Crippen molar-refractivity contribution in [2.75, 3.05) is 50.7 Å². The van der Waals surface area contributed by atoms with Gasteiger partial charge in [0.15, 0.2) is 5.69 Å². The number of nitrogens with one attached hydrogen (secondary N) is 3. The van der Waals surface area contributed by atoms with E-state index in [0.29, 0.717) is 18.8 Å². The molecule has 2 aromatic heterocycles. The molecule has 3 N–H and O–H groups in total. The Labute approximate surface area is 170 Å². The number of hydrogen-bond donors (Lipinski definition) is 3. The van der Waals surface area contributed by atoms with Crippen LogP contribution in [-0.4, -0.2) is 76.8 Å². The number of aromatic nitrogens is 4. The molecule has 0 unspecified atom stereocenters. The molecule has 28 heavy (non-hydrogen) atoms. The Kier molecular flexibility index (Phi) is 7.18. The predicted molar refractivity (Wildman–Crippen MR) is 109 cm³/mol. The molecule has 2 aliphatic rings. The van der Waals surface area contributed by atoms with Gasteiger partial charge in [-0.3, -0.25) is 14.8 Å². The third-order valence-electron chi connectivity index (χ3n) is 5.17. The molecule has 152 valence electrons. The van der Waals surface area contributed by atoms with Gasteiger partial charge < -0.3 is 15.5 Å². The summed E-state index contributed by atoms with van der Waals surface area (Å²) in [5, 5.41) is 13.5. The second kappa shape index (κ2) is 9.81. The normalized spacial score (nSPS) is 16.9. The molecule has 4 heterocycles. The van der Waals surface area contributed by atoms with E-state index in [1.165, 1.54) is 0 Å². The molecular formula is C18H27ClN8O. The quantitative estimate of drug-likeness (QED) is 0.589. The van der Waals surface area contributed by atoms with Crippen molar-refractivity contribution < 1.29 is 4.79 Å². The smallest absolute Gasteiger partial charge is 0.272 e. The van der Waals surface area contributed by atoms with Gasteiger partial charge in [-0.2, -0.15) is 5.10 Å². The van der Waals surface area contributed by atoms with Gasteiger partial charge in [-0.25, -0.2) is 9.97 Å². The maximum Gasteiger partial charge on any atom is 0.272 e. The topological polar surface area (TPSA) is 102 Å². The molecule has 0 atom stereocenters. The summed E-state index contributed by atoms with van der Waals surface area (Å²) in [7, 11) is 0. The number of carbonyl (C=O) groups excluding carboxylic acids is 1. The zero-order valence-corrected chi connectivity index (χ0v) is 16.7. The molecule has 2 aliphatic heterocycles. The summed E-state index contributed by atoms with van der Waals surface area (Å²) in [5.41, 5.74) is 2.63. The highest BCUT2D eigenvalue weighted by molar-refractivity contribution is 5.94. The highest BCUT2D eigenvalue weighted by atomic mass is 35.5. The maximum absolute atomic E-state index is 12.4. The summed E-state index contributed by atoms with van der Waals surface area (Å²) in [6.45, 7) is 7.13. The lowest BCUT2D eigenvalue weighted by molar-refractivity contribution is 0.0945. The second-order valence-corrected chi connectivity index (χ2v) is 6.94. The SMILES string of the molecule is Cl.O=C(NCCCN1CCN(c2ncccn2)CC1)c1n[nH]c2c1CNCC2. The van der Waals surface area contributed by atoms with E-state index in [9.17, 15) is 4.79 Å². The number of piperazine rings is 1. The lowest BCUT2D eigenvalue weighted by atomic mass is 10.1. The fraction of sp³-hybridized carbons (Fsp3) is 0.556. The van der Waals surface area contributed by atoms with Gasteiger partial charge in [0.1, 0.15) is 0 Å². The zero-order valence-electron chi connectivity index (χ0n) is 15.9. The number of fused-ring (bicyclic) bond motifs is 1. The van der Waals surface area contributed by atoms with Gasteiger partial charge in [-0.1, -0.05) is 0 Å². The molecule has 2 aromatic rings. The van der Waals surface area contributed by atoms with Crippen LogP contribution in [0.2, 0.25) is 0 Å². The maximum atomic E-state index is 12.4. The van der Waals surface area contributed by atoms with E-state index in [1.807, 2.05) is 6.07 Å². The Bertz CT molecular complexity index is 760. The number of aromatic amines is 1. The minimum absolute atomic E-state index is 0. The Balaban J connectivity index is 0.00000225.